The molecule has 96 valence electrons. The van der Waals surface area contributed by atoms with Crippen molar-refractivity contribution in [3.8, 4) is 5.75 Å². The van der Waals surface area contributed by atoms with E-state index in [1.165, 1.54) is 0 Å². The lowest BCUT2D eigenvalue weighted by Gasteiger charge is -2.22. The summed E-state index contributed by atoms with van der Waals surface area (Å²) in [6.45, 7) is 2.76. The van der Waals surface area contributed by atoms with E-state index in [1.807, 2.05) is 31.2 Å². The zero-order valence-electron chi connectivity index (χ0n) is 10.5. The Morgan fingerprint density at radius 3 is 2.47 bits per heavy atom. The summed E-state index contributed by atoms with van der Waals surface area (Å²) in [7, 11) is 1.65. The third-order valence-corrected chi connectivity index (χ3v) is 2.80. The van der Waals surface area contributed by atoms with Crippen LogP contribution in [0.1, 0.15) is 24.9 Å². The molecule has 0 fully saturated rings. The molecule has 4 heteroatoms. The van der Waals surface area contributed by atoms with E-state index in [4.69, 9.17) is 15.6 Å². The van der Waals surface area contributed by atoms with Gasteiger partial charge in [-0.3, -0.25) is 0 Å². The molecule has 4 nitrogen and oxygen atoms in total. The van der Waals surface area contributed by atoms with Gasteiger partial charge in [0, 0.05) is 25.2 Å². The minimum atomic E-state index is 0.113. The van der Waals surface area contributed by atoms with E-state index in [0.29, 0.717) is 6.54 Å². The summed E-state index contributed by atoms with van der Waals surface area (Å²) in [6.07, 6.45) is 0.729. The Bertz CT molecular complexity index is 314. The molecule has 0 saturated carbocycles. The summed E-state index contributed by atoms with van der Waals surface area (Å²) in [5, 5.41) is 12.3. The Labute approximate surface area is 103 Å². The number of ether oxygens (including phenoxy) is 1. The second-order valence-electron chi connectivity index (χ2n) is 4.14. The van der Waals surface area contributed by atoms with Crippen LogP contribution in [0.25, 0.3) is 0 Å². The Morgan fingerprint density at radius 2 is 2.00 bits per heavy atom. The predicted molar refractivity (Wildman–Crippen MR) is 69.1 cm³/mol. The van der Waals surface area contributed by atoms with Crippen molar-refractivity contribution in [2.45, 2.75) is 25.4 Å². The average Bonchev–Trinajstić information content (AvgIpc) is 2.36. The standard InChI is InChI=1S/C13H22N2O2/c1-10(7-8-16)15-13(9-14)11-3-5-12(17-2)6-4-11/h3-6,10,13,15-16H,7-9,14H2,1-2H3. The molecule has 0 amide bonds. The third kappa shape index (κ3) is 4.34. The molecular formula is C13H22N2O2. The van der Waals surface area contributed by atoms with Crippen LogP contribution in [0.4, 0.5) is 0 Å². The maximum atomic E-state index is 8.87. The van der Waals surface area contributed by atoms with Crippen molar-refractivity contribution in [3.63, 3.8) is 0 Å². The average molecular weight is 238 g/mol. The molecular weight excluding hydrogens is 216 g/mol. The summed E-state index contributed by atoms with van der Waals surface area (Å²) in [6, 6.07) is 8.23. The first-order valence-corrected chi connectivity index (χ1v) is 5.92. The highest BCUT2D eigenvalue weighted by molar-refractivity contribution is 5.29. The third-order valence-electron chi connectivity index (χ3n) is 2.80. The van der Waals surface area contributed by atoms with Crippen molar-refractivity contribution in [3.05, 3.63) is 29.8 Å². The highest BCUT2D eigenvalue weighted by atomic mass is 16.5. The molecule has 0 aliphatic rings. The molecule has 0 saturated heterocycles. The lowest BCUT2D eigenvalue weighted by molar-refractivity contribution is 0.263. The quantitative estimate of drug-likeness (QED) is 0.664. The lowest BCUT2D eigenvalue weighted by Crippen LogP contribution is -2.35. The van der Waals surface area contributed by atoms with Gasteiger partial charge in [-0.2, -0.15) is 0 Å². The van der Waals surface area contributed by atoms with Crippen LogP contribution in [0.3, 0.4) is 0 Å². The van der Waals surface area contributed by atoms with Crippen molar-refractivity contribution in [2.75, 3.05) is 20.3 Å². The number of aliphatic hydroxyl groups is 1. The minimum absolute atomic E-state index is 0.113. The first-order chi connectivity index (χ1) is 8.21. The summed E-state index contributed by atoms with van der Waals surface area (Å²) < 4.78 is 5.12. The summed E-state index contributed by atoms with van der Waals surface area (Å²) in [4.78, 5) is 0. The lowest BCUT2D eigenvalue weighted by atomic mass is 10.1. The topological polar surface area (TPSA) is 67.5 Å². The van der Waals surface area contributed by atoms with Crippen LogP contribution >= 0.6 is 0 Å². The summed E-state index contributed by atoms with van der Waals surface area (Å²) in [5.74, 6) is 0.841. The van der Waals surface area contributed by atoms with Crippen LogP contribution in [0.15, 0.2) is 24.3 Å². The van der Waals surface area contributed by atoms with Crippen LogP contribution in [-0.2, 0) is 0 Å². The van der Waals surface area contributed by atoms with Crippen molar-refractivity contribution in [1.82, 2.24) is 5.32 Å². The maximum absolute atomic E-state index is 8.87. The van der Waals surface area contributed by atoms with Gasteiger partial charge in [0.2, 0.25) is 0 Å². The molecule has 0 aromatic heterocycles. The molecule has 0 aliphatic heterocycles. The van der Waals surface area contributed by atoms with Gasteiger partial charge >= 0.3 is 0 Å². The highest BCUT2D eigenvalue weighted by Gasteiger charge is 2.12. The monoisotopic (exact) mass is 238 g/mol. The number of rotatable bonds is 7. The van der Waals surface area contributed by atoms with Crippen molar-refractivity contribution >= 4 is 0 Å². The highest BCUT2D eigenvalue weighted by Crippen LogP contribution is 2.17. The largest absolute Gasteiger partial charge is 0.497 e. The molecule has 1 rings (SSSR count). The predicted octanol–water partition coefficient (Wildman–Crippen LogP) is 1.06. The molecule has 0 spiro atoms. The van der Waals surface area contributed by atoms with E-state index >= 15 is 0 Å². The summed E-state index contributed by atoms with van der Waals surface area (Å²) >= 11 is 0. The van der Waals surface area contributed by atoms with Gasteiger partial charge < -0.3 is 20.9 Å². The van der Waals surface area contributed by atoms with Crippen LogP contribution in [0, 0.1) is 0 Å². The van der Waals surface area contributed by atoms with Crippen LogP contribution < -0.4 is 15.8 Å². The first kappa shape index (κ1) is 14.0. The maximum Gasteiger partial charge on any atom is 0.118 e. The van der Waals surface area contributed by atoms with Gasteiger partial charge in [-0.25, -0.2) is 0 Å². The Hall–Kier alpha value is -1.10. The Morgan fingerprint density at radius 1 is 1.35 bits per heavy atom. The Balaban J connectivity index is 2.65. The summed E-state index contributed by atoms with van der Waals surface area (Å²) in [5.41, 5.74) is 6.90. The van der Waals surface area contributed by atoms with Gasteiger partial charge in [0.1, 0.15) is 5.75 Å². The van der Waals surface area contributed by atoms with Gasteiger partial charge in [-0.05, 0) is 31.0 Å². The molecule has 2 unspecified atom stereocenters. The minimum Gasteiger partial charge on any atom is -0.497 e. The molecule has 17 heavy (non-hydrogen) atoms. The van der Waals surface area contributed by atoms with Gasteiger partial charge in [0.15, 0.2) is 0 Å². The molecule has 1 aromatic carbocycles. The van der Waals surface area contributed by atoms with E-state index < -0.39 is 0 Å². The zero-order chi connectivity index (χ0) is 12.7. The van der Waals surface area contributed by atoms with Crippen molar-refractivity contribution < 1.29 is 9.84 Å². The second kappa shape index (κ2) is 7.27. The molecule has 0 aliphatic carbocycles. The second-order valence-corrected chi connectivity index (χ2v) is 4.14. The normalized spacial score (nSPS) is 14.4. The van der Waals surface area contributed by atoms with E-state index in [2.05, 4.69) is 5.32 Å². The van der Waals surface area contributed by atoms with Gasteiger partial charge in [-0.1, -0.05) is 12.1 Å². The number of hydrogen-bond donors (Lipinski definition) is 3. The number of hydrogen-bond acceptors (Lipinski definition) is 4. The number of methoxy groups -OCH3 is 1. The van der Waals surface area contributed by atoms with E-state index in [9.17, 15) is 0 Å². The van der Waals surface area contributed by atoms with E-state index in [1.54, 1.807) is 7.11 Å². The fourth-order valence-corrected chi connectivity index (χ4v) is 1.76. The number of nitrogens with two attached hydrogens (primary N) is 1. The molecule has 0 radical (unpaired) electrons. The number of benzene rings is 1. The molecule has 0 bridgehead atoms. The van der Waals surface area contributed by atoms with E-state index in [-0.39, 0.29) is 18.7 Å². The van der Waals surface area contributed by atoms with E-state index in [0.717, 1.165) is 17.7 Å². The van der Waals surface area contributed by atoms with Crippen LogP contribution in [0.5, 0.6) is 5.75 Å². The molecule has 0 heterocycles. The molecule has 4 N–H and O–H groups in total. The van der Waals surface area contributed by atoms with Crippen molar-refractivity contribution in [1.29, 1.82) is 0 Å². The smallest absolute Gasteiger partial charge is 0.118 e. The zero-order valence-corrected chi connectivity index (χ0v) is 10.5. The van der Waals surface area contributed by atoms with Crippen LogP contribution in [0.2, 0.25) is 0 Å². The SMILES string of the molecule is COc1ccc(C(CN)NC(C)CCO)cc1. The van der Waals surface area contributed by atoms with Gasteiger partial charge in [-0.15, -0.1) is 0 Å². The number of aliphatic hydroxyl groups excluding tert-OH is 1. The fourth-order valence-electron chi connectivity index (χ4n) is 1.76. The molecule has 2 atom stereocenters. The van der Waals surface area contributed by atoms with Gasteiger partial charge in [0.25, 0.3) is 0 Å². The van der Waals surface area contributed by atoms with Crippen molar-refractivity contribution in [2.24, 2.45) is 5.73 Å². The Kier molecular flexibility index (Phi) is 5.97. The van der Waals surface area contributed by atoms with Gasteiger partial charge in [0.05, 0.1) is 7.11 Å². The number of nitrogens with one attached hydrogen (secondary N) is 1. The fraction of sp³-hybridized carbons (Fsp3) is 0.538. The molecule has 1 aromatic rings. The first-order valence-electron chi connectivity index (χ1n) is 5.92. The van der Waals surface area contributed by atoms with Crippen LogP contribution in [-0.4, -0.2) is 31.4 Å².